The summed E-state index contributed by atoms with van der Waals surface area (Å²) in [5.41, 5.74) is 0.458. The Balaban J connectivity index is 1.65. The van der Waals surface area contributed by atoms with Gasteiger partial charge in [-0.3, -0.25) is 4.79 Å². The Kier molecular flexibility index (Phi) is 6.55. The molecule has 2 aliphatic rings. The lowest BCUT2D eigenvalue weighted by Crippen LogP contribution is -2.40. The molecular formula is C20H30N2O4S. The molecule has 1 aromatic rings. The van der Waals surface area contributed by atoms with Gasteiger partial charge in [-0.25, -0.2) is 8.42 Å². The van der Waals surface area contributed by atoms with Crippen LogP contribution in [-0.4, -0.2) is 50.5 Å². The summed E-state index contributed by atoms with van der Waals surface area (Å²) in [4.78, 5) is 12.7. The van der Waals surface area contributed by atoms with E-state index in [0.717, 1.165) is 45.1 Å². The lowest BCUT2D eigenvalue weighted by molar-refractivity contribution is 0.0712. The molecule has 1 aliphatic carbocycles. The number of nitrogens with zero attached hydrogens (tertiary/aromatic N) is 1. The van der Waals surface area contributed by atoms with E-state index in [1.54, 1.807) is 19.2 Å². The fourth-order valence-corrected chi connectivity index (χ4v) is 5.38. The smallest absolute Gasteiger partial charge is 0.251 e. The van der Waals surface area contributed by atoms with Gasteiger partial charge < -0.3 is 10.1 Å². The van der Waals surface area contributed by atoms with Gasteiger partial charge in [0, 0.05) is 25.3 Å². The van der Waals surface area contributed by atoms with E-state index in [9.17, 15) is 13.2 Å². The number of ether oxygens (including phenoxy) is 1. The molecule has 3 rings (SSSR count). The fraction of sp³-hybridized carbons (Fsp3) is 0.650. The van der Waals surface area contributed by atoms with Crippen molar-refractivity contribution in [1.82, 2.24) is 9.62 Å². The van der Waals surface area contributed by atoms with Gasteiger partial charge in [-0.15, -0.1) is 0 Å². The first-order chi connectivity index (χ1) is 12.9. The van der Waals surface area contributed by atoms with Gasteiger partial charge in [0.1, 0.15) is 0 Å². The minimum Gasteiger partial charge on any atom is -0.376 e. The first-order valence-corrected chi connectivity index (χ1v) is 11.3. The van der Waals surface area contributed by atoms with Crippen LogP contribution in [0.5, 0.6) is 0 Å². The van der Waals surface area contributed by atoms with Crippen LogP contribution in [0, 0.1) is 0 Å². The lowest BCUT2D eigenvalue weighted by Gasteiger charge is -2.30. The zero-order chi connectivity index (χ0) is 19.4. The summed E-state index contributed by atoms with van der Waals surface area (Å²) in [6.07, 6.45) is 7.18. The van der Waals surface area contributed by atoms with Crippen molar-refractivity contribution >= 4 is 15.9 Å². The highest BCUT2D eigenvalue weighted by molar-refractivity contribution is 7.89. The second-order valence-corrected chi connectivity index (χ2v) is 9.65. The molecule has 0 unspecified atom stereocenters. The molecule has 0 spiro atoms. The first kappa shape index (κ1) is 20.3. The highest BCUT2D eigenvalue weighted by Crippen LogP contribution is 2.26. The summed E-state index contributed by atoms with van der Waals surface area (Å²) < 4.78 is 32.8. The maximum Gasteiger partial charge on any atom is 0.251 e. The Bertz CT molecular complexity index is 736. The summed E-state index contributed by atoms with van der Waals surface area (Å²) in [5.74, 6) is -0.206. The highest BCUT2D eigenvalue weighted by Gasteiger charge is 2.29. The van der Waals surface area contributed by atoms with E-state index >= 15 is 0 Å². The maximum absolute atomic E-state index is 12.9. The Morgan fingerprint density at radius 2 is 1.78 bits per heavy atom. The van der Waals surface area contributed by atoms with Gasteiger partial charge >= 0.3 is 0 Å². The molecule has 1 amide bonds. The molecule has 0 aromatic heterocycles. The molecule has 27 heavy (non-hydrogen) atoms. The molecule has 2 fully saturated rings. The number of hydrogen-bond acceptors (Lipinski definition) is 4. The molecule has 1 saturated heterocycles. The van der Waals surface area contributed by atoms with Crippen molar-refractivity contribution in [2.45, 2.75) is 75.0 Å². The molecule has 1 aromatic carbocycles. The lowest BCUT2D eigenvalue weighted by atomic mass is 9.96. The van der Waals surface area contributed by atoms with Gasteiger partial charge in [0.05, 0.1) is 17.0 Å². The van der Waals surface area contributed by atoms with Crippen molar-refractivity contribution < 1.29 is 17.9 Å². The third-order valence-electron chi connectivity index (χ3n) is 5.76. The van der Waals surface area contributed by atoms with Gasteiger partial charge in [0.25, 0.3) is 5.91 Å². The number of benzene rings is 1. The van der Waals surface area contributed by atoms with Gasteiger partial charge in [0.15, 0.2) is 0 Å². The molecule has 1 heterocycles. The van der Waals surface area contributed by atoms with Crippen LogP contribution in [0.4, 0.5) is 0 Å². The topological polar surface area (TPSA) is 75.7 Å². The standard InChI is InChI=1S/C20H30N2O4S/c1-15(19-9-6-14-26-19)21-20(23)16-10-12-18(13-11-16)27(24,25)22(2)17-7-4-3-5-8-17/h10-13,15,17,19H,3-9,14H2,1-2H3,(H,21,23)/t15-,19-/m0/s1. The van der Waals surface area contributed by atoms with Crippen LogP contribution >= 0.6 is 0 Å². The maximum atomic E-state index is 12.9. The van der Waals surface area contributed by atoms with Crippen molar-refractivity contribution in [2.75, 3.05) is 13.7 Å². The minimum atomic E-state index is -3.54. The van der Waals surface area contributed by atoms with Crippen molar-refractivity contribution in [3.8, 4) is 0 Å². The number of carbonyl (C=O) groups excluding carboxylic acids is 1. The molecular weight excluding hydrogens is 364 g/mol. The summed E-state index contributed by atoms with van der Waals surface area (Å²) >= 11 is 0. The van der Waals surface area contributed by atoms with Gasteiger partial charge in [0.2, 0.25) is 10.0 Å². The van der Waals surface area contributed by atoms with Crippen molar-refractivity contribution in [2.24, 2.45) is 0 Å². The SMILES string of the molecule is C[C@H](NC(=O)c1ccc(S(=O)(=O)N(C)C2CCCCC2)cc1)[C@@H]1CCCO1. The number of carbonyl (C=O) groups is 1. The fourth-order valence-electron chi connectivity index (χ4n) is 3.97. The van der Waals surface area contributed by atoms with E-state index in [1.165, 1.54) is 22.9 Å². The second-order valence-electron chi connectivity index (χ2n) is 7.65. The molecule has 1 saturated carbocycles. The van der Waals surface area contributed by atoms with Crippen molar-refractivity contribution in [3.63, 3.8) is 0 Å². The van der Waals surface area contributed by atoms with Crippen LogP contribution in [0.25, 0.3) is 0 Å². The molecule has 1 aliphatic heterocycles. The quantitative estimate of drug-likeness (QED) is 0.805. The van der Waals surface area contributed by atoms with Gasteiger partial charge in [-0.2, -0.15) is 4.31 Å². The predicted molar refractivity (Wildman–Crippen MR) is 104 cm³/mol. The van der Waals surface area contributed by atoms with E-state index in [0.29, 0.717) is 5.56 Å². The number of amides is 1. The van der Waals surface area contributed by atoms with Crippen LogP contribution in [0.3, 0.4) is 0 Å². The van der Waals surface area contributed by atoms with Crippen LogP contribution in [-0.2, 0) is 14.8 Å². The summed E-state index contributed by atoms with van der Waals surface area (Å²) in [6.45, 7) is 2.68. The monoisotopic (exact) mass is 394 g/mol. The summed E-state index contributed by atoms with van der Waals surface area (Å²) in [6, 6.07) is 6.22. The van der Waals surface area contributed by atoms with E-state index < -0.39 is 10.0 Å². The molecule has 6 nitrogen and oxygen atoms in total. The van der Waals surface area contributed by atoms with E-state index in [-0.39, 0.29) is 29.0 Å². The summed E-state index contributed by atoms with van der Waals surface area (Å²) in [7, 11) is -1.87. The number of nitrogens with one attached hydrogen (secondary N) is 1. The molecule has 150 valence electrons. The molecule has 7 heteroatoms. The number of hydrogen-bond donors (Lipinski definition) is 1. The molecule has 1 N–H and O–H groups in total. The average Bonchev–Trinajstić information content (AvgIpc) is 3.23. The Labute approximate surface area is 162 Å². The highest BCUT2D eigenvalue weighted by atomic mass is 32.2. The molecule has 0 radical (unpaired) electrons. The largest absolute Gasteiger partial charge is 0.376 e. The Morgan fingerprint density at radius 1 is 1.11 bits per heavy atom. The summed E-state index contributed by atoms with van der Waals surface area (Å²) in [5, 5.41) is 2.95. The second kappa shape index (κ2) is 8.71. The normalized spacial score (nSPS) is 22.7. The van der Waals surface area contributed by atoms with E-state index in [4.69, 9.17) is 4.74 Å². The number of sulfonamides is 1. The zero-order valence-corrected chi connectivity index (χ0v) is 17.0. The van der Waals surface area contributed by atoms with Crippen molar-refractivity contribution in [1.29, 1.82) is 0 Å². The van der Waals surface area contributed by atoms with Crippen LogP contribution in [0.2, 0.25) is 0 Å². The Hall–Kier alpha value is -1.44. The molecule has 2 atom stereocenters. The van der Waals surface area contributed by atoms with Crippen LogP contribution < -0.4 is 5.32 Å². The van der Waals surface area contributed by atoms with Crippen LogP contribution in [0.15, 0.2) is 29.2 Å². The van der Waals surface area contributed by atoms with E-state index in [2.05, 4.69) is 5.32 Å². The average molecular weight is 395 g/mol. The van der Waals surface area contributed by atoms with Gasteiger partial charge in [-0.1, -0.05) is 19.3 Å². The molecule has 0 bridgehead atoms. The predicted octanol–water partition coefficient (Wildman–Crippen LogP) is 2.94. The zero-order valence-electron chi connectivity index (χ0n) is 16.2. The van der Waals surface area contributed by atoms with E-state index in [1.807, 2.05) is 6.92 Å². The Morgan fingerprint density at radius 3 is 2.37 bits per heavy atom. The van der Waals surface area contributed by atoms with Gasteiger partial charge in [-0.05, 0) is 56.9 Å². The van der Waals surface area contributed by atoms with Crippen molar-refractivity contribution in [3.05, 3.63) is 29.8 Å². The third kappa shape index (κ3) is 4.70. The third-order valence-corrected chi connectivity index (χ3v) is 7.69. The number of rotatable bonds is 6. The first-order valence-electron chi connectivity index (χ1n) is 9.90. The van der Waals surface area contributed by atoms with Crippen LogP contribution in [0.1, 0.15) is 62.2 Å². The minimum absolute atomic E-state index is 0.0535.